The monoisotopic (exact) mass is 385 g/mol. The highest BCUT2D eigenvalue weighted by Crippen LogP contribution is 2.31. The molecule has 1 saturated heterocycles. The molecule has 2 heterocycles. The van der Waals surface area contributed by atoms with E-state index in [1.807, 2.05) is 18.2 Å². The second-order valence-electron chi connectivity index (χ2n) is 7.25. The maximum absolute atomic E-state index is 12.2. The van der Waals surface area contributed by atoms with Gasteiger partial charge in [-0.05, 0) is 44.0 Å². The molecule has 28 heavy (non-hydrogen) atoms. The smallest absolute Gasteiger partial charge is 0.235 e. The number of unbranched alkanes of at least 4 members (excludes halogenated alkanes) is 3. The van der Waals surface area contributed by atoms with Crippen LogP contribution in [0.4, 0.5) is 5.69 Å². The van der Waals surface area contributed by atoms with E-state index < -0.39 is 5.92 Å². The van der Waals surface area contributed by atoms with E-state index in [2.05, 4.69) is 15.7 Å². The average Bonchev–Trinajstić information content (AvgIpc) is 2.98. The van der Waals surface area contributed by atoms with E-state index in [4.69, 9.17) is 5.73 Å². The molecule has 3 amide bonds. The van der Waals surface area contributed by atoms with Crippen LogP contribution < -0.4 is 16.4 Å². The molecule has 2 aromatic rings. The number of anilines is 1. The fraction of sp³-hybridized carbons (Fsp3) is 0.500. The van der Waals surface area contributed by atoms with Crippen LogP contribution in [0, 0.1) is 0 Å². The number of nitrogens with one attached hydrogen (secondary N) is 2. The van der Waals surface area contributed by atoms with Gasteiger partial charge in [0.25, 0.3) is 0 Å². The molecule has 0 saturated carbocycles. The van der Waals surface area contributed by atoms with Gasteiger partial charge in [-0.15, -0.1) is 0 Å². The molecule has 1 atom stereocenters. The van der Waals surface area contributed by atoms with E-state index in [-0.39, 0.29) is 17.7 Å². The highest BCUT2D eigenvalue weighted by atomic mass is 16.2. The predicted octanol–water partition coefficient (Wildman–Crippen LogP) is 1.94. The number of hydrogen-bond donors (Lipinski definition) is 3. The van der Waals surface area contributed by atoms with Gasteiger partial charge >= 0.3 is 0 Å². The Balaban J connectivity index is 1.69. The first-order chi connectivity index (χ1) is 13.5. The number of carbonyl (C=O) groups is 3. The van der Waals surface area contributed by atoms with Crippen molar-refractivity contribution in [3.63, 3.8) is 0 Å². The highest BCUT2D eigenvalue weighted by molar-refractivity contribution is 6.03. The zero-order valence-electron chi connectivity index (χ0n) is 16.2. The summed E-state index contributed by atoms with van der Waals surface area (Å²) in [6.07, 6.45) is 5.14. The van der Waals surface area contributed by atoms with Crippen LogP contribution in [-0.2, 0) is 21.4 Å². The van der Waals surface area contributed by atoms with Gasteiger partial charge < -0.3 is 11.1 Å². The van der Waals surface area contributed by atoms with Crippen LogP contribution in [0.25, 0.3) is 10.9 Å². The van der Waals surface area contributed by atoms with Gasteiger partial charge in [-0.1, -0.05) is 12.8 Å². The number of aromatic nitrogens is 2. The summed E-state index contributed by atoms with van der Waals surface area (Å²) in [6, 6.07) is 5.56. The van der Waals surface area contributed by atoms with Crippen LogP contribution in [0.1, 0.15) is 56.6 Å². The molecule has 0 spiro atoms. The maximum atomic E-state index is 12.2. The molecular weight excluding hydrogens is 358 g/mol. The lowest BCUT2D eigenvalue weighted by Gasteiger charge is -2.19. The summed E-state index contributed by atoms with van der Waals surface area (Å²) in [5.41, 5.74) is 7.68. The van der Waals surface area contributed by atoms with Gasteiger partial charge in [0.15, 0.2) is 0 Å². The zero-order chi connectivity index (χ0) is 20.1. The number of hydrogen-bond acceptors (Lipinski definition) is 5. The van der Waals surface area contributed by atoms with Gasteiger partial charge in [0.1, 0.15) is 0 Å². The van der Waals surface area contributed by atoms with Crippen molar-refractivity contribution in [2.24, 2.45) is 12.8 Å². The number of fused-ring (bicyclic) bond motifs is 1. The summed E-state index contributed by atoms with van der Waals surface area (Å²) < 4.78 is 1.71. The van der Waals surface area contributed by atoms with Crippen LogP contribution in [0.2, 0.25) is 0 Å². The van der Waals surface area contributed by atoms with Crippen LogP contribution in [-0.4, -0.2) is 34.0 Å². The molecule has 4 N–H and O–H groups in total. The van der Waals surface area contributed by atoms with E-state index in [1.165, 1.54) is 0 Å². The summed E-state index contributed by atoms with van der Waals surface area (Å²) in [4.78, 5) is 35.7. The Bertz CT molecular complexity index is 889. The van der Waals surface area contributed by atoms with Crippen LogP contribution >= 0.6 is 0 Å². The summed E-state index contributed by atoms with van der Waals surface area (Å²) in [7, 11) is 1.81. The lowest BCUT2D eigenvalue weighted by Crippen LogP contribution is -2.39. The molecule has 150 valence electrons. The van der Waals surface area contributed by atoms with Crippen molar-refractivity contribution in [2.75, 3.05) is 11.9 Å². The SMILES string of the molecule is Cn1nc(C2CCC(=O)NC2=O)c2ccc(NC(=O)CCCCCCN)cc21. The molecule has 1 aliphatic heterocycles. The molecule has 1 aromatic carbocycles. The predicted molar refractivity (Wildman–Crippen MR) is 107 cm³/mol. The zero-order valence-corrected chi connectivity index (χ0v) is 16.2. The Labute approximate surface area is 163 Å². The molecule has 0 aliphatic carbocycles. The summed E-state index contributed by atoms with van der Waals surface area (Å²) >= 11 is 0. The van der Waals surface area contributed by atoms with E-state index in [9.17, 15) is 14.4 Å². The molecule has 1 aliphatic rings. The molecule has 3 rings (SSSR count). The number of nitrogens with two attached hydrogens (primary N) is 1. The summed E-state index contributed by atoms with van der Waals surface area (Å²) in [5, 5.41) is 10.7. The first-order valence-electron chi connectivity index (χ1n) is 9.80. The Hall–Kier alpha value is -2.74. The molecule has 8 nitrogen and oxygen atoms in total. The minimum absolute atomic E-state index is 0.0142. The maximum Gasteiger partial charge on any atom is 0.235 e. The summed E-state index contributed by atoms with van der Waals surface area (Å²) in [6.45, 7) is 0.692. The number of benzene rings is 1. The van der Waals surface area contributed by atoms with Crippen molar-refractivity contribution in [1.29, 1.82) is 0 Å². The second-order valence-corrected chi connectivity index (χ2v) is 7.25. The second kappa shape index (κ2) is 8.97. The van der Waals surface area contributed by atoms with E-state index in [1.54, 1.807) is 11.7 Å². The van der Waals surface area contributed by atoms with E-state index in [0.717, 1.165) is 36.6 Å². The fourth-order valence-corrected chi connectivity index (χ4v) is 3.58. The van der Waals surface area contributed by atoms with Crippen LogP contribution in [0.5, 0.6) is 0 Å². The molecule has 1 aromatic heterocycles. The van der Waals surface area contributed by atoms with Crippen LogP contribution in [0.3, 0.4) is 0 Å². The van der Waals surface area contributed by atoms with Gasteiger partial charge in [-0.25, -0.2) is 0 Å². The summed E-state index contributed by atoms with van der Waals surface area (Å²) in [5.74, 6) is -0.993. The number of nitrogens with zero attached hydrogens (tertiary/aromatic N) is 2. The highest BCUT2D eigenvalue weighted by Gasteiger charge is 2.31. The number of imide groups is 1. The number of piperidine rings is 1. The quantitative estimate of drug-likeness (QED) is 0.474. The van der Waals surface area contributed by atoms with Gasteiger partial charge in [0.05, 0.1) is 17.1 Å². The van der Waals surface area contributed by atoms with Crippen molar-refractivity contribution in [3.8, 4) is 0 Å². The lowest BCUT2D eigenvalue weighted by atomic mass is 9.93. The van der Waals surface area contributed by atoms with Crippen LogP contribution in [0.15, 0.2) is 18.2 Å². The average molecular weight is 385 g/mol. The standard InChI is InChI=1S/C20H27N5O3/c1-25-16-12-13(22-17(26)6-4-2-3-5-11-21)7-8-14(16)19(24-25)15-9-10-18(27)23-20(15)28/h7-8,12,15H,2-6,9-11,21H2,1H3,(H,22,26)(H,23,27,28). The van der Waals surface area contributed by atoms with Crippen molar-refractivity contribution in [1.82, 2.24) is 15.1 Å². The number of carbonyl (C=O) groups excluding carboxylic acids is 3. The van der Waals surface area contributed by atoms with Gasteiger partial charge in [-0.2, -0.15) is 5.10 Å². The minimum Gasteiger partial charge on any atom is -0.330 e. The number of aryl methyl sites for hydroxylation is 1. The van der Waals surface area contributed by atoms with Crippen molar-refractivity contribution >= 4 is 34.3 Å². The van der Waals surface area contributed by atoms with Crippen molar-refractivity contribution in [2.45, 2.75) is 50.9 Å². The Morgan fingerprint density at radius 3 is 2.82 bits per heavy atom. The fourth-order valence-electron chi connectivity index (χ4n) is 3.58. The number of amides is 3. The lowest BCUT2D eigenvalue weighted by molar-refractivity contribution is -0.134. The van der Waals surface area contributed by atoms with E-state index >= 15 is 0 Å². The third-order valence-corrected chi connectivity index (χ3v) is 5.09. The Kier molecular flexibility index (Phi) is 6.41. The van der Waals surface area contributed by atoms with Crippen molar-refractivity contribution < 1.29 is 14.4 Å². The Morgan fingerprint density at radius 1 is 1.29 bits per heavy atom. The molecule has 1 unspecified atom stereocenters. The topological polar surface area (TPSA) is 119 Å². The molecule has 8 heteroatoms. The normalized spacial score (nSPS) is 17.0. The largest absolute Gasteiger partial charge is 0.330 e. The molecule has 0 bridgehead atoms. The minimum atomic E-state index is -0.435. The number of rotatable bonds is 8. The van der Waals surface area contributed by atoms with Gasteiger partial charge in [0, 0.05) is 31.0 Å². The van der Waals surface area contributed by atoms with Gasteiger partial charge in [0.2, 0.25) is 17.7 Å². The third kappa shape index (κ3) is 4.56. The molecular formula is C20H27N5O3. The van der Waals surface area contributed by atoms with Gasteiger partial charge in [-0.3, -0.25) is 24.4 Å². The Morgan fingerprint density at radius 2 is 2.07 bits per heavy atom. The first-order valence-corrected chi connectivity index (χ1v) is 9.80. The van der Waals surface area contributed by atoms with E-state index in [0.29, 0.717) is 37.2 Å². The molecule has 1 fully saturated rings. The first kappa shape index (κ1) is 20.0. The third-order valence-electron chi connectivity index (χ3n) is 5.09. The van der Waals surface area contributed by atoms with Crippen molar-refractivity contribution in [3.05, 3.63) is 23.9 Å². The molecule has 0 radical (unpaired) electrons.